The van der Waals surface area contributed by atoms with E-state index in [-0.39, 0.29) is 12.3 Å². The topological polar surface area (TPSA) is 71.7 Å². The van der Waals surface area contributed by atoms with Gasteiger partial charge < -0.3 is 19.6 Å². The second-order valence-electron chi connectivity index (χ2n) is 6.80. The third-order valence-electron chi connectivity index (χ3n) is 5.00. The lowest BCUT2D eigenvalue weighted by Crippen LogP contribution is -2.30. The van der Waals surface area contributed by atoms with Gasteiger partial charge in [0.15, 0.2) is 0 Å². The average Bonchev–Trinajstić information content (AvgIpc) is 3.17. The summed E-state index contributed by atoms with van der Waals surface area (Å²) < 4.78 is 11.3. The van der Waals surface area contributed by atoms with Crippen LogP contribution in [0.4, 0.5) is 5.69 Å². The first-order chi connectivity index (χ1) is 12.1. The Morgan fingerprint density at radius 3 is 2.72 bits per heavy atom. The van der Waals surface area contributed by atoms with E-state index in [1.165, 1.54) is 0 Å². The Balaban J connectivity index is 1.66. The molecule has 1 aliphatic carbocycles. The molecule has 1 aromatic heterocycles. The third kappa shape index (κ3) is 2.96. The number of hydrogen-bond donors (Lipinski definition) is 2. The van der Waals surface area contributed by atoms with E-state index in [2.05, 4.69) is 5.32 Å². The van der Waals surface area contributed by atoms with Gasteiger partial charge in [0.05, 0.1) is 24.8 Å². The summed E-state index contributed by atoms with van der Waals surface area (Å²) in [4.78, 5) is 12.4. The predicted molar refractivity (Wildman–Crippen MR) is 96.9 cm³/mol. The largest absolute Gasteiger partial charge is 0.495 e. The van der Waals surface area contributed by atoms with E-state index in [1.807, 2.05) is 30.3 Å². The van der Waals surface area contributed by atoms with Crippen LogP contribution >= 0.6 is 0 Å². The molecule has 0 bridgehead atoms. The Kier molecular flexibility index (Phi) is 3.88. The summed E-state index contributed by atoms with van der Waals surface area (Å²) in [7, 11) is 1.57. The highest BCUT2D eigenvalue weighted by molar-refractivity contribution is 6.07. The molecule has 130 valence electrons. The molecule has 5 nitrogen and oxygen atoms in total. The van der Waals surface area contributed by atoms with Crippen molar-refractivity contribution in [3.63, 3.8) is 0 Å². The van der Waals surface area contributed by atoms with Crippen LogP contribution in [0, 0.1) is 0 Å². The van der Waals surface area contributed by atoms with Crippen molar-refractivity contribution >= 4 is 33.5 Å². The highest BCUT2D eigenvalue weighted by atomic mass is 16.5. The molecule has 5 heteroatoms. The van der Waals surface area contributed by atoms with Crippen LogP contribution in [0.2, 0.25) is 0 Å². The van der Waals surface area contributed by atoms with Gasteiger partial charge >= 0.3 is 0 Å². The Morgan fingerprint density at radius 2 is 1.96 bits per heavy atom. The zero-order valence-electron chi connectivity index (χ0n) is 14.2. The van der Waals surface area contributed by atoms with E-state index in [4.69, 9.17) is 9.15 Å². The smallest absolute Gasteiger partial charge is 0.227 e. The summed E-state index contributed by atoms with van der Waals surface area (Å²) in [6.45, 7) is 0. The molecule has 1 saturated carbocycles. The minimum Gasteiger partial charge on any atom is -0.495 e. The van der Waals surface area contributed by atoms with Gasteiger partial charge in [0, 0.05) is 16.8 Å². The molecule has 25 heavy (non-hydrogen) atoms. The Morgan fingerprint density at radius 1 is 1.20 bits per heavy atom. The molecular formula is C20H21NO4. The third-order valence-corrected chi connectivity index (χ3v) is 5.00. The number of fused-ring (bicyclic) bond motifs is 3. The first-order valence-corrected chi connectivity index (χ1v) is 8.59. The van der Waals surface area contributed by atoms with Crippen molar-refractivity contribution in [3.05, 3.63) is 36.4 Å². The van der Waals surface area contributed by atoms with Crippen molar-refractivity contribution in [2.24, 2.45) is 0 Å². The zero-order valence-corrected chi connectivity index (χ0v) is 14.2. The van der Waals surface area contributed by atoms with Gasteiger partial charge in [0.2, 0.25) is 5.91 Å². The molecule has 0 spiro atoms. The maximum atomic E-state index is 12.4. The summed E-state index contributed by atoms with van der Waals surface area (Å²) in [5, 5.41) is 15.2. The van der Waals surface area contributed by atoms with E-state index >= 15 is 0 Å². The number of ether oxygens (including phenoxy) is 1. The van der Waals surface area contributed by atoms with Crippen LogP contribution in [0.5, 0.6) is 5.75 Å². The van der Waals surface area contributed by atoms with Crippen molar-refractivity contribution in [3.8, 4) is 5.75 Å². The van der Waals surface area contributed by atoms with Gasteiger partial charge in [-0.05, 0) is 25.0 Å². The van der Waals surface area contributed by atoms with E-state index in [0.29, 0.717) is 29.9 Å². The maximum absolute atomic E-state index is 12.4. The summed E-state index contributed by atoms with van der Waals surface area (Å²) >= 11 is 0. The lowest BCUT2D eigenvalue weighted by Gasteiger charge is -2.21. The lowest BCUT2D eigenvalue weighted by atomic mass is 9.97. The van der Waals surface area contributed by atoms with Crippen molar-refractivity contribution in [2.45, 2.75) is 37.7 Å². The normalized spacial score (nSPS) is 16.4. The fourth-order valence-electron chi connectivity index (χ4n) is 3.72. The number of carbonyl (C=O) groups excluding carboxylic acids is 1. The molecule has 3 aromatic rings. The first-order valence-electron chi connectivity index (χ1n) is 8.59. The van der Waals surface area contributed by atoms with Gasteiger partial charge in [-0.3, -0.25) is 4.79 Å². The van der Waals surface area contributed by atoms with Crippen molar-refractivity contribution < 1.29 is 19.1 Å². The number of methoxy groups -OCH3 is 1. The van der Waals surface area contributed by atoms with Gasteiger partial charge in [-0.1, -0.05) is 31.0 Å². The summed E-state index contributed by atoms with van der Waals surface area (Å²) in [6.07, 6.45) is 3.41. The SMILES string of the molecule is COc1cc2c(cc1NC(=O)CC1(O)CCCC1)oc1ccccc12. The second kappa shape index (κ2) is 6.08. The minimum atomic E-state index is -0.874. The Hall–Kier alpha value is -2.53. The average molecular weight is 339 g/mol. The first kappa shape index (κ1) is 16.0. The number of furan rings is 1. The maximum Gasteiger partial charge on any atom is 0.227 e. The second-order valence-corrected chi connectivity index (χ2v) is 6.80. The lowest BCUT2D eigenvalue weighted by molar-refractivity contribution is -0.120. The van der Waals surface area contributed by atoms with Crippen LogP contribution in [0.1, 0.15) is 32.1 Å². The number of aliphatic hydroxyl groups is 1. The van der Waals surface area contributed by atoms with Gasteiger partial charge in [-0.15, -0.1) is 0 Å². The van der Waals surface area contributed by atoms with Crippen LogP contribution in [0.15, 0.2) is 40.8 Å². The molecule has 1 amide bonds. The van der Waals surface area contributed by atoms with Crippen molar-refractivity contribution in [2.75, 3.05) is 12.4 Å². The quantitative estimate of drug-likeness (QED) is 0.746. The number of rotatable bonds is 4. The highest BCUT2D eigenvalue weighted by Crippen LogP contribution is 2.37. The summed E-state index contributed by atoms with van der Waals surface area (Å²) in [5.74, 6) is 0.365. The number of nitrogens with one attached hydrogen (secondary N) is 1. The molecule has 1 fully saturated rings. The van der Waals surface area contributed by atoms with Crippen LogP contribution < -0.4 is 10.1 Å². The van der Waals surface area contributed by atoms with Crippen LogP contribution in [-0.4, -0.2) is 23.7 Å². The van der Waals surface area contributed by atoms with Gasteiger partial charge in [-0.25, -0.2) is 0 Å². The molecule has 1 aliphatic rings. The van der Waals surface area contributed by atoms with Gasteiger partial charge in [-0.2, -0.15) is 0 Å². The molecule has 2 aromatic carbocycles. The number of hydrogen-bond acceptors (Lipinski definition) is 4. The predicted octanol–water partition coefficient (Wildman–Crippen LogP) is 4.23. The molecule has 1 heterocycles. The fourth-order valence-corrected chi connectivity index (χ4v) is 3.72. The molecule has 2 N–H and O–H groups in total. The number of carbonyl (C=O) groups is 1. The van der Waals surface area contributed by atoms with Crippen molar-refractivity contribution in [1.29, 1.82) is 0 Å². The van der Waals surface area contributed by atoms with Crippen molar-refractivity contribution in [1.82, 2.24) is 0 Å². The van der Waals surface area contributed by atoms with E-state index in [1.54, 1.807) is 13.2 Å². The van der Waals surface area contributed by atoms with Crippen LogP contribution in [-0.2, 0) is 4.79 Å². The van der Waals surface area contributed by atoms with Gasteiger partial charge in [0.1, 0.15) is 16.9 Å². The van der Waals surface area contributed by atoms with Crippen LogP contribution in [0.3, 0.4) is 0 Å². The molecule has 0 radical (unpaired) electrons. The molecule has 0 aliphatic heterocycles. The Bertz CT molecular complexity index is 937. The fraction of sp³-hybridized carbons (Fsp3) is 0.350. The molecular weight excluding hydrogens is 318 g/mol. The number of anilines is 1. The zero-order chi connectivity index (χ0) is 17.4. The summed E-state index contributed by atoms with van der Waals surface area (Å²) in [5.41, 5.74) is 1.17. The molecule has 4 rings (SSSR count). The monoisotopic (exact) mass is 339 g/mol. The minimum absolute atomic E-state index is 0.105. The van der Waals surface area contributed by atoms with Crippen LogP contribution in [0.25, 0.3) is 21.9 Å². The van der Waals surface area contributed by atoms with E-state index in [0.717, 1.165) is 29.2 Å². The highest BCUT2D eigenvalue weighted by Gasteiger charge is 2.33. The molecule has 0 atom stereocenters. The Labute approximate surface area is 145 Å². The number of amides is 1. The molecule has 0 saturated heterocycles. The standard InChI is InChI=1S/C20H21NO4/c1-24-18-10-14-13-6-2-3-7-16(13)25-17(14)11-15(18)21-19(22)12-20(23)8-4-5-9-20/h2-3,6-7,10-11,23H,4-5,8-9,12H2,1H3,(H,21,22). The van der Waals surface area contributed by atoms with E-state index < -0.39 is 5.60 Å². The summed E-state index contributed by atoms with van der Waals surface area (Å²) in [6, 6.07) is 11.4. The van der Waals surface area contributed by atoms with E-state index in [9.17, 15) is 9.90 Å². The van der Waals surface area contributed by atoms with Gasteiger partial charge in [0.25, 0.3) is 0 Å². The number of benzene rings is 2. The number of para-hydroxylation sites is 1. The molecule has 0 unspecified atom stereocenters.